The summed E-state index contributed by atoms with van der Waals surface area (Å²) < 4.78 is 7.28. The van der Waals surface area contributed by atoms with E-state index >= 15 is 0 Å². The van der Waals surface area contributed by atoms with Crippen LogP contribution in [0.4, 0.5) is 10.5 Å². The van der Waals surface area contributed by atoms with E-state index in [1.807, 2.05) is 49.8 Å². The number of carbonyl (C=O) groups is 1. The zero-order chi connectivity index (χ0) is 19.9. The molecule has 4 heterocycles. The van der Waals surface area contributed by atoms with Crippen molar-refractivity contribution in [1.82, 2.24) is 34.7 Å². The molecule has 4 rings (SSSR count). The van der Waals surface area contributed by atoms with Gasteiger partial charge in [-0.05, 0) is 38.1 Å². The normalized spacial score (nSPS) is 15.3. The van der Waals surface area contributed by atoms with Crippen molar-refractivity contribution in [2.24, 2.45) is 7.05 Å². The first kappa shape index (κ1) is 18.2. The molecule has 1 saturated heterocycles. The van der Waals surface area contributed by atoms with Crippen LogP contribution in [0.3, 0.4) is 0 Å². The fourth-order valence-electron chi connectivity index (χ4n) is 3.20. The molecule has 28 heavy (non-hydrogen) atoms. The molecule has 3 aromatic heterocycles. The van der Waals surface area contributed by atoms with E-state index in [0.29, 0.717) is 18.9 Å². The predicted octanol–water partition coefficient (Wildman–Crippen LogP) is 1.58. The van der Waals surface area contributed by atoms with Gasteiger partial charge in [0, 0.05) is 37.9 Å². The number of ether oxygens (including phenoxy) is 1. The van der Waals surface area contributed by atoms with Crippen molar-refractivity contribution in [3.63, 3.8) is 0 Å². The lowest BCUT2D eigenvalue weighted by Gasteiger charge is -2.36. The summed E-state index contributed by atoms with van der Waals surface area (Å²) in [5, 5.41) is 16.6. The molecular weight excluding hydrogens is 360 g/mol. The van der Waals surface area contributed by atoms with Crippen LogP contribution in [0, 0.1) is 0 Å². The van der Waals surface area contributed by atoms with Gasteiger partial charge in [0.25, 0.3) is 0 Å². The monoisotopic (exact) mass is 384 g/mol. The predicted molar refractivity (Wildman–Crippen MR) is 103 cm³/mol. The first-order chi connectivity index (χ1) is 13.3. The summed E-state index contributed by atoms with van der Waals surface area (Å²) in [7, 11) is 1.73. The van der Waals surface area contributed by atoms with E-state index in [1.165, 1.54) is 4.80 Å². The van der Waals surface area contributed by atoms with E-state index in [-0.39, 0.29) is 6.09 Å². The number of amides is 1. The zero-order valence-corrected chi connectivity index (χ0v) is 16.5. The summed E-state index contributed by atoms with van der Waals surface area (Å²) in [5.41, 5.74) is 2.41. The van der Waals surface area contributed by atoms with Gasteiger partial charge in [-0.2, -0.15) is 9.90 Å². The number of pyridine rings is 1. The van der Waals surface area contributed by atoms with Gasteiger partial charge in [-0.1, -0.05) is 0 Å². The summed E-state index contributed by atoms with van der Waals surface area (Å²) >= 11 is 0. The molecule has 0 aliphatic carbocycles. The Morgan fingerprint density at radius 2 is 1.89 bits per heavy atom. The van der Waals surface area contributed by atoms with E-state index in [1.54, 1.807) is 11.9 Å². The Morgan fingerprint density at radius 3 is 2.54 bits per heavy atom. The molecule has 0 bridgehead atoms. The lowest BCUT2D eigenvalue weighted by Crippen LogP contribution is -2.50. The van der Waals surface area contributed by atoms with Crippen LogP contribution in [-0.2, 0) is 11.8 Å². The van der Waals surface area contributed by atoms with Crippen LogP contribution in [0.15, 0.2) is 24.5 Å². The van der Waals surface area contributed by atoms with E-state index in [0.717, 1.165) is 29.9 Å². The zero-order valence-electron chi connectivity index (χ0n) is 16.5. The third-order valence-electron chi connectivity index (χ3n) is 4.53. The maximum atomic E-state index is 12.2. The molecule has 3 aromatic rings. The average Bonchev–Trinajstić information content (AvgIpc) is 3.26. The SMILES string of the molecule is Cn1nnc(-c2ccc3c(N4CCN(C(=O)OC(C)(C)C)CC4)cnn3c2)n1. The first-order valence-corrected chi connectivity index (χ1v) is 9.25. The van der Waals surface area contributed by atoms with Gasteiger partial charge in [-0.3, -0.25) is 0 Å². The molecule has 0 radical (unpaired) electrons. The third-order valence-corrected chi connectivity index (χ3v) is 4.53. The Labute approximate surface area is 162 Å². The number of aryl methyl sites for hydroxylation is 1. The van der Waals surface area contributed by atoms with Crippen molar-refractivity contribution >= 4 is 17.3 Å². The molecule has 0 unspecified atom stereocenters. The number of anilines is 1. The molecular formula is C18H24N8O2. The molecule has 0 N–H and O–H groups in total. The standard InChI is InChI=1S/C18H24N8O2/c1-18(2,3)28-17(27)25-9-7-24(8-10-25)15-11-19-26-12-13(5-6-14(15)26)16-20-22-23(4)21-16/h5-6,11-12H,7-10H2,1-4H3. The molecule has 10 nitrogen and oxygen atoms in total. The van der Waals surface area contributed by atoms with Gasteiger partial charge in [0.2, 0.25) is 5.82 Å². The molecule has 1 aliphatic heterocycles. The highest BCUT2D eigenvalue weighted by molar-refractivity contribution is 5.75. The highest BCUT2D eigenvalue weighted by Gasteiger charge is 2.27. The van der Waals surface area contributed by atoms with Crippen molar-refractivity contribution in [2.45, 2.75) is 26.4 Å². The minimum atomic E-state index is -0.480. The van der Waals surface area contributed by atoms with E-state index < -0.39 is 5.60 Å². The van der Waals surface area contributed by atoms with Crippen molar-refractivity contribution in [3.8, 4) is 11.4 Å². The lowest BCUT2D eigenvalue weighted by molar-refractivity contribution is 0.0240. The van der Waals surface area contributed by atoms with Gasteiger partial charge in [-0.25, -0.2) is 9.31 Å². The minimum absolute atomic E-state index is 0.256. The molecule has 148 valence electrons. The summed E-state index contributed by atoms with van der Waals surface area (Å²) in [6.45, 7) is 8.34. The van der Waals surface area contributed by atoms with Gasteiger partial charge >= 0.3 is 6.09 Å². The van der Waals surface area contributed by atoms with Crippen molar-refractivity contribution in [3.05, 3.63) is 24.5 Å². The Bertz CT molecular complexity index is 995. The van der Waals surface area contributed by atoms with Gasteiger partial charge < -0.3 is 14.5 Å². The number of fused-ring (bicyclic) bond motifs is 1. The Hall–Kier alpha value is -3.17. The summed E-state index contributed by atoms with van der Waals surface area (Å²) in [6, 6.07) is 3.97. The number of hydrogen-bond donors (Lipinski definition) is 0. The second-order valence-electron chi connectivity index (χ2n) is 7.83. The molecule has 0 saturated carbocycles. The van der Waals surface area contributed by atoms with Gasteiger partial charge in [0.05, 0.1) is 24.4 Å². The van der Waals surface area contributed by atoms with Crippen LogP contribution < -0.4 is 4.90 Å². The average molecular weight is 384 g/mol. The molecule has 1 fully saturated rings. The third kappa shape index (κ3) is 3.62. The van der Waals surface area contributed by atoms with Crippen molar-refractivity contribution in [1.29, 1.82) is 0 Å². The number of tetrazole rings is 1. The first-order valence-electron chi connectivity index (χ1n) is 9.25. The largest absolute Gasteiger partial charge is 0.444 e. The molecule has 10 heteroatoms. The van der Waals surface area contributed by atoms with Gasteiger partial charge in [-0.15, -0.1) is 10.2 Å². The lowest BCUT2D eigenvalue weighted by atomic mass is 10.2. The maximum Gasteiger partial charge on any atom is 0.410 e. The van der Waals surface area contributed by atoms with Crippen LogP contribution in [0.25, 0.3) is 16.9 Å². The quantitative estimate of drug-likeness (QED) is 0.662. The molecule has 1 aliphatic rings. The number of nitrogens with zero attached hydrogens (tertiary/aromatic N) is 8. The van der Waals surface area contributed by atoms with Crippen LogP contribution in [0.1, 0.15) is 20.8 Å². The van der Waals surface area contributed by atoms with Crippen molar-refractivity contribution in [2.75, 3.05) is 31.1 Å². The van der Waals surface area contributed by atoms with E-state index in [2.05, 4.69) is 25.4 Å². The Balaban J connectivity index is 1.48. The van der Waals surface area contributed by atoms with Crippen molar-refractivity contribution < 1.29 is 9.53 Å². The summed E-state index contributed by atoms with van der Waals surface area (Å²) in [5.74, 6) is 0.562. The minimum Gasteiger partial charge on any atom is -0.444 e. The Kier molecular flexibility index (Phi) is 4.40. The number of aromatic nitrogens is 6. The van der Waals surface area contributed by atoms with Crippen LogP contribution in [0.5, 0.6) is 0 Å². The topological polar surface area (TPSA) is 93.7 Å². The molecule has 1 amide bonds. The molecule has 0 atom stereocenters. The summed E-state index contributed by atoms with van der Waals surface area (Å²) in [4.78, 5) is 17.7. The smallest absolute Gasteiger partial charge is 0.410 e. The van der Waals surface area contributed by atoms with Gasteiger partial charge in [0.1, 0.15) is 5.60 Å². The summed E-state index contributed by atoms with van der Waals surface area (Å²) in [6.07, 6.45) is 3.49. The number of piperazine rings is 1. The Morgan fingerprint density at radius 1 is 1.14 bits per heavy atom. The van der Waals surface area contributed by atoms with Crippen LogP contribution in [0.2, 0.25) is 0 Å². The molecule has 0 aromatic carbocycles. The van der Waals surface area contributed by atoms with Crippen LogP contribution in [-0.4, -0.2) is 72.6 Å². The second-order valence-corrected chi connectivity index (χ2v) is 7.83. The fraction of sp³-hybridized carbons (Fsp3) is 0.500. The van der Waals surface area contributed by atoms with E-state index in [4.69, 9.17) is 4.74 Å². The maximum absolute atomic E-state index is 12.2. The fourth-order valence-corrected chi connectivity index (χ4v) is 3.20. The number of hydrogen-bond acceptors (Lipinski definition) is 7. The highest BCUT2D eigenvalue weighted by Crippen LogP contribution is 2.25. The second kappa shape index (κ2) is 6.77. The number of rotatable bonds is 2. The number of carbonyl (C=O) groups excluding carboxylic acids is 1. The van der Waals surface area contributed by atoms with Crippen LogP contribution >= 0.6 is 0 Å². The van der Waals surface area contributed by atoms with Gasteiger partial charge in [0.15, 0.2) is 0 Å². The highest BCUT2D eigenvalue weighted by atomic mass is 16.6. The molecule has 0 spiro atoms. The van der Waals surface area contributed by atoms with E-state index in [9.17, 15) is 4.79 Å².